The quantitative estimate of drug-likeness (QED) is 0.880. The number of nitrogens with two attached hydrogens (primary N) is 1. The third-order valence-electron chi connectivity index (χ3n) is 4.62. The summed E-state index contributed by atoms with van der Waals surface area (Å²) in [7, 11) is 0. The van der Waals surface area contributed by atoms with Crippen LogP contribution in [-0.4, -0.2) is 19.1 Å². The fraction of sp³-hybridized carbons (Fsp3) is 0.647. The van der Waals surface area contributed by atoms with Crippen LogP contribution in [0.2, 0.25) is 5.02 Å². The maximum absolute atomic E-state index is 6.42. The molecule has 0 aliphatic carbocycles. The molecule has 1 saturated heterocycles. The van der Waals surface area contributed by atoms with Crippen molar-refractivity contribution in [2.24, 2.45) is 11.7 Å². The highest BCUT2D eigenvalue weighted by atomic mass is 35.5. The third-order valence-corrected chi connectivity index (χ3v) is 4.97. The smallest absolute Gasteiger partial charge is 0.0459 e. The van der Waals surface area contributed by atoms with Gasteiger partial charge < -0.3 is 10.6 Å². The summed E-state index contributed by atoms with van der Waals surface area (Å²) in [4.78, 5) is 2.50. The molecule has 1 aromatic carbocycles. The zero-order chi connectivity index (χ0) is 14.5. The van der Waals surface area contributed by atoms with E-state index < -0.39 is 0 Å². The Labute approximate surface area is 128 Å². The summed E-state index contributed by atoms with van der Waals surface area (Å²) in [5.74, 6) is 0.895. The van der Waals surface area contributed by atoms with E-state index in [9.17, 15) is 0 Å². The molecule has 112 valence electrons. The average Bonchev–Trinajstić information content (AvgIpc) is 2.49. The number of benzene rings is 1. The van der Waals surface area contributed by atoms with Gasteiger partial charge in [0.05, 0.1) is 0 Å². The van der Waals surface area contributed by atoms with E-state index in [0.717, 1.165) is 36.9 Å². The lowest BCUT2D eigenvalue weighted by Gasteiger charge is -2.35. The van der Waals surface area contributed by atoms with Crippen molar-refractivity contribution in [1.82, 2.24) is 0 Å². The van der Waals surface area contributed by atoms with Crippen LogP contribution in [0, 0.1) is 5.92 Å². The van der Waals surface area contributed by atoms with Crippen molar-refractivity contribution in [2.45, 2.75) is 52.0 Å². The molecular weight excluding hydrogens is 268 g/mol. The van der Waals surface area contributed by atoms with Crippen molar-refractivity contribution < 1.29 is 0 Å². The Balaban J connectivity index is 2.17. The van der Waals surface area contributed by atoms with Gasteiger partial charge in [0.15, 0.2) is 0 Å². The molecule has 0 spiro atoms. The summed E-state index contributed by atoms with van der Waals surface area (Å²) in [5, 5.41) is 0.865. The summed E-state index contributed by atoms with van der Waals surface area (Å²) < 4.78 is 0. The van der Waals surface area contributed by atoms with Gasteiger partial charge in [-0.2, -0.15) is 0 Å². The van der Waals surface area contributed by atoms with Crippen molar-refractivity contribution in [3.8, 4) is 0 Å². The first kappa shape index (κ1) is 15.7. The maximum Gasteiger partial charge on any atom is 0.0459 e. The number of halogens is 1. The molecule has 0 aromatic heterocycles. The lowest BCUT2D eigenvalue weighted by Crippen LogP contribution is -2.34. The van der Waals surface area contributed by atoms with Crippen molar-refractivity contribution >= 4 is 17.3 Å². The van der Waals surface area contributed by atoms with Crippen LogP contribution in [0.4, 0.5) is 5.69 Å². The van der Waals surface area contributed by atoms with E-state index in [1.807, 2.05) is 6.07 Å². The van der Waals surface area contributed by atoms with Crippen molar-refractivity contribution in [3.63, 3.8) is 0 Å². The highest BCUT2D eigenvalue weighted by Crippen LogP contribution is 2.32. The Hall–Kier alpha value is -0.730. The largest absolute Gasteiger partial charge is 0.371 e. The molecule has 1 aliphatic heterocycles. The first-order chi connectivity index (χ1) is 9.65. The van der Waals surface area contributed by atoms with Crippen molar-refractivity contribution in [3.05, 3.63) is 28.8 Å². The van der Waals surface area contributed by atoms with Crippen LogP contribution in [0.15, 0.2) is 18.2 Å². The van der Waals surface area contributed by atoms with Crippen LogP contribution in [0.1, 0.15) is 45.1 Å². The molecule has 20 heavy (non-hydrogen) atoms. The zero-order valence-corrected chi connectivity index (χ0v) is 13.5. The predicted molar refractivity (Wildman–Crippen MR) is 88.7 cm³/mol. The Morgan fingerprint density at radius 3 is 2.60 bits per heavy atom. The van der Waals surface area contributed by atoms with Gasteiger partial charge in [-0.05, 0) is 49.3 Å². The summed E-state index contributed by atoms with van der Waals surface area (Å²) in [6, 6.07) is 6.45. The second-order valence-electron chi connectivity index (χ2n) is 5.95. The molecular formula is C17H27ClN2. The molecule has 1 atom stereocenters. The summed E-state index contributed by atoms with van der Waals surface area (Å²) in [6.45, 7) is 6.72. The number of piperidine rings is 1. The van der Waals surface area contributed by atoms with Crippen LogP contribution in [0.3, 0.4) is 0 Å². The minimum Gasteiger partial charge on any atom is -0.371 e. The molecule has 0 saturated carbocycles. The Morgan fingerprint density at radius 1 is 1.30 bits per heavy atom. The molecule has 1 aliphatic rings. The molecule has 0 bridgehead atoms. The van der Waals surface area contributed by atoms with Crippen LogP contribution in [0.25, 0.3) is 0 Å². The monoisotopic (exact) mass is 294 g/mol. The second kappa shape index (κ2) is 7.33. The Bertz CT molecular complexity index is 425. The van der Waals surface area contributed by atoms with Crippen LogP contribution < -0.4 is 10.6 Å². The molecule has 1 heterocycles. The SMILES string of the molecule is CCC(N)Cc1c(Cl)cccc1N1CCC(CC)CC1. The van der Waals surface area contributed by atoms with Gasteiger partial charge in [-0.1, -0.05) is 37.9 Å². The predicted octanol–water partition coefficient (Wildman–Crippen LogP) is 4.25. The topological polar surface area (TPSA) is 29.3 Å². The molecule has 1 unspecified atom stereocenters. The van der Waals surface area contributed by atoms with Gasteiger partial charge in [-0.15, -0.1) is 0 Å². The van der Waals surface area contributed by atoms with E-state index in [1.165, 1.54) is 30.5 Å². The Morgan fingerprint density at radius 2 is 2.00 bits per heavy atom. The minimum atomic E-state index is 0.196. The van der Waals surface area contributed by atoms with Gasteiger partial charge in [0, 0.05) is 29.8 Å². The lowest BCUT2D eigenvalue weighted by atomic mass is 9.93. The van der Waals surface area contributed by atoms with Crippen molar-refractivity contribution in [2.75, 3.05) is 18.0 Å². The number of hydrogen-bond acceptors (Lipinski definition) is 2. The fourth-order valence-corrected chi connectivity index (χ4v) is 3.28. The van der Waals surface area contributed by atoms with Crippen LogP contribution in [0.5, 0.6) is 0 Å². The van der Waals surface area contributed by atoms with Crippen LogP contribution in [-0.2, 0) is 6.42 Å². The zero-order valence-electron chi connectivity index (χ0n) is 12.7. The first-order valence-electron chi connectivity index (χ1n) is 7.93. The van der Waals surface area contributed by atoms with Crippen molar-refractivity contribution in [1.29, 1.82) is 0 Å². The number of rotatable bonds is 5. The number of nitrogens with zero attached hydrogens (tertiary/aromatic N) is 1. The van der Waals surface area contributed by atoms with Gasteiger partial charge in [-0.25, -0.2) is 0 Å². The summed E-state index contributed by atoms with van der Waals surface area (Å²) in [6.07, 6.45) is 5.75. The molecule has 3 heteroatoms. The van der Waals surface area contributed by atoms with E-state index in [4.69, 9.17) is 17.3 Å². The molecule has 1 fully saturated rings. The Kier molecular flexibility index (Phi) is 5.74. The highest BCUT2D eigenvalue weighted by Gasteiger charge is 2.21. The average molecular weight is 295 g/mol. The second-order valence-corrected chi connectivity index (χ2v) is 6.36. The third kappa shape index (κ3) is 3.67. The molecule has 0 radical (unpaired) electrons. The van der Waals surface area contributed by atoms with Crippen LogP contribution >= 0.6 is 11.6 Å². The molecule has 1 aromatic rings. The van der Waals surface area contributed by atoms with E-state index in [0.29, 0.717) is 0 Å². The number of hydrogen-bond donors (Lipinski definition) is 1. The van der Waals surface area contributed by atoms with E-state index in [-0.39, 0.29) is 6.04 Å². The first-order valence-corrected chi connectivity index (χ1v) is 8.31. The fourth-order valence-electron chi connectivity index (χ4n) is 3.03. The summed E-state index contributed by atoms with van der Waals surface area (Å²) in [5.41, 5.74) is 8.68. The maximum atomic E-state index is 6.42. The molecule has 2 nitrogen and oxygen atoms in total. The number of anilines is 1. The normalized spacial score (nSPS) is 18.3. The highest BCUT2D eigenvalue weighted by molar-refractivity contribution is 6.31. The van der Waals surface area contributed by atoms with Gasteiger partial charge in [0.2, 0.25) is 0 Å². The summed E-state index contributed by atoms with van der Waals surface area (Å²) >= 11 is 6.42. The molecule has 2 N–H and O–H groups in total. The van der Waals surface area contributed by atoms with Gasteiger partial charge in [0.1, 0.15) is 0 Å². The minimum absolute atomic E-state index is 0.196. The molecule has 2 rings (SSSR count). The van der Waals surface area contributed by atoms with E-state index in [2.05, 4.69) is 30.9 Å². The van der Waals surface area contributed by atoms with E-state index in [1.54, 1.807) is 0 Å². The van der Waals surface area contributed by atoms with Gasteiger partial charge in [-0.3, -0.25) is 0 Å². The standard InChI is InChI=1S/C17H27ClN2/c1-3-13-8-10-20(11-9-13)17-7-5-6-16(18)15(17)12-14(19)4-2/h5-7,13-14H,3-4,8-12,19H2,1-2H3. The molecule has 0 amide bonds. The van der Waals surface area contributed by atoms with Gasteiger partial charge >= 0.3 is 0 Å². The van der Waals surface area contributed by atoms with Gasteiger partial charge in [0.25, 0.3) is 0 Å². The van der Waals surface area contributed by atoms with E-state index >= 15 is 0 Å². The lowest BCUT2D eigenvalue weighted by molar-refractivity contribution is 0.394.